The summed E-state index contributed by atoms with van der Waals surface area (Å²) < 4.78 is 14.4. The van der Waals surface area contributed by atoms with Crippen molar-refractivity contribution in [1.29, 1.82) is 5.26 Å². The van der Waals surface area contributed by atoms with Crippen LogP contribution in [0.3, 0.4) is 0 Å². The maximum Gasteiger partial charge on any atom is 0.286 e. The van der Waals surface area contributed by atoms with Gasteiger partial charge in [0.15, 0.2) is 0 Å². The van der Waals surface area contributed by atoms with E-state index in [1.54, 1.807) is 18.3 Å². The van der Waals surface area contributed by atoms with Crippen molar-refractivity contribution in [3.05, 3.63) is 113 Å². The van der Waals surface area contributed by atoms with Crippen molar-refractivity contribution in [1.82, 2.24) is 14.6 Å². The number of nitrogens with two attached hydrogens (primary N) is 2. The second kappa shape index (κ2) is 10.5. The first kappa shape index (κ1) is 24.6. The highest BCUT2D eigenvalue weighted by Crippen LogP contribution is 2.29. The van der Waals surface area contributed by atoms with Gasteiger partial charge in [0.25, 0.3) is 6.35 Å². The molecule has 1 aliphatic heterocycles. The van der Waals surface area contributed by atoms with Crippen molar-refractivity contribution >= 4 is 5.71 Å². The minimum absolute atomic E-state index is 0.189. The molecule has 0 fully saturated rings. The summed E-state index contributed by atoms with van der Waals surface area (Å²) in [6, 6.07) is 24.7. The lowest BCUT2D eigenvalue weighted by atomic mass is 10.1. The maximum absolute atomic E-state index is 9.36. The van der Waals surface area contributed by atoms with Crippen LogP contribution in [0.4, 0.5) is 0 Å². The molecule has 1 atom stereocenters. The Morgan fingerprint density at radius 1 is 1.05 bits per heavy atom. The molecule has 2 heterocycles. The number of nitriles is 1. The third kappa shape index (κ3) is 5.07. The smallest absolute Gasteiger partial charge is 0.286 e. The average Bonchev–Trinajstić information content (AvgIpc) is 3.37. The van der Waals surface area contributed by atoms with Crippen molar-refractivity contribution in [3.63, 3.8) is 0 Å². The number of ether oxygens (including phenoxy) is 2. The van der Waals surface area contributed by atoms with E-state index in [-0.39, 0.29) is 5.88 Å². The minimum Gasteiger partial charge on any atom is -0.449 e. The van der Waals surface area contributed by atoms with Gasteiger partial charge >= 0.3 is 0 Å². The summed E-state index contributed by atoms with van der Waals surface area (Å²) in [5, 5.41) is 10.6. The average molecular weight is 506 g/mol. The quantitative estimate of drug-likeness (QED) is 0.363. The molecule has 0 saturated heterocycles. The highest BCUT2D eigenvalue weighted by Gasteiger charge is 2.31. The predicted molar refractivity (Wildman–Crippen MR) is 144 cm³/mol. The number of aryl methyl sites for hydroxylation is 2. The van der Waals surface area contributed by atoms with Gasteiger partial charge in [-0.05, 0) is 42.3 Å². The van der Waals surface area contributed by atoms with E-state index in [4.69, 9.17) is 26.0 Å². The molecule has 0 saturated carbocycles. The van der Waals surface area contributed by atoms with Crippen LogP contribution in [0.5, 0.6) is 11.5 Å². The van der Waals surface area contributed by atoms with E-state index < -0.39 is 6.35 Å². The number of imidazole rings is 1. The molecular formula is C29H27N7O2. The topological polar surface area (TPSA) is 128 Å². The molecule has 4 aromatic rings. The van der Waals surface area contributed by atoms with Crippen molar-refractivity contribution in [2.24, 2.45) is 23.6 Å². The highest BCUT2D eigenvalue weighted by molar-refractivity contribution is 6.01. The molecule has 0 radical (unpaired) electrons. The Labute approximate surface area is 220 Å². The van der Waals surface area contributed by atoms with Gasteiger partial charge in [-0.1, -0.05) is 48.5 Å². The molecule has 1 aliphatic rings. The molecule has 0 spiro atoms. The summed E-state index contributed by atoms with van der Waals surface area (Å²) in [5.41, 5.74) is 10.6. The highest BCUT2D eigenvalue weighted by atomic mass is 16.5. The van der Waals surface area contributed by atoms with Gasteiger partial charge in [-0.25, -0.2) is 20.8 Å². The number of nitrogens with zero attached hydrogens (tertiary/aromatic N) is 5. The number of hydrogen-bond donors (Lipinski definition) is 2. The van der Waals surface area contributed by atoms with Crippen molar-refractivity contribution in [2.75, 3.05) is 0 Å². The van der Waals surface area contributed by atoms with Crippen molar-refractivity contribution < 1.29 is 9.47 Å². The zero-order valence-electron chi connectivity index (χ0n) is 21.1. The summed E-state index contributed by atoms with van der Waals surface area (Å²) in [6.45, 7) is 1.88. The fourth-order valence-electron chi connectivity index (χ4n) is 4.11. The molecule has 38 heavy (non-hydrogen) atoms. The minimum atomic E-state index is -0.952. The first-order valence-electron chi connectivity index (χ1n) is 12.0. The van der Waals surface area contributed by atoms with E-state index in [0.29, 0.717) is 34.9 Å². The number of aliphatic imine (C=N–C) groups is 1. The maximum atomic E-state index is 9.36. The number of hydrogen-bond acceptors (Lipinski definition) is 8. The molecule has 9 nitrogen and oxygen atoms in total. The van der Waals surface area contributed by atoms with Crippen LogP contribution in [0.1, 0.15) is 16.7 Å². The Kier molecular flexibility index (Phi) is 6.80. The van der Waals surface area contributed by atoms with Gasteiger partial charge in [-0.3, -0.25) is 0 Å². The summed E-state index contributed by atoms with van der Waals surface area (Å²) in [4.78, 5) is 9.17. The van der Waals surface area contributed by atoms with Crippen LogP contribution in [-0.2, 0) is 13.5 Å². The van der Waals surface area contributed by atoms with E-state index in [1.807, 2.05) is 85.4 Å². The lowest BCUT2D eigenvalue weighted by molar-refractivity contribution is 0.0225. The zero-order chi connectivity index (χ0) is 26.6. The van der Waals surface area contributed by atoms with Gasteiger partial charge < -0.3 is 19.8 Å². The van der Waals surface area contributed by atoms with E-state index in [1.165, 1.54) is 5.01 Å². The molecule has 0 bridgehead atoms. The summed E-state index contributed by atoms with van der Waals surface area (Å²) in [6.07, 6.45) is 3.13. The summed E-state index contributed by atoms with van der Waals surface area (Å²) in [5.74, 6) is 8.51. The van der Waals surface area contributed by atoms with E-state index in [9.17, 15) is 5.26 Å². The van der Waals surface area contributed by atoms with Gasteiger partial charge in [0.05, 0.1) is 17.3 Å². The Morgan fingerprint density at radius 2 is 1.87 bits per heavy atom. The molecule has 1 aromatic heterocycles. The molecule has 0 amide bonds. The van der Waals surface area contributed by atoms with Gasteiger partial charge in [0.2, 0.25) is 5.88 Å². The van der Waals surface area contributed by atoms with E-state index in [2.05, 4.69) is 11.1 Å². The van der Waals surface area contributed by atoms with Crippen LogP contribution in [0.25, 0.3) is 11.4 Å². The third-order valence-electron chi connectivity index (χ3n) is 6.17. The normalized spacial score (nSPS) is 15.2. The molecule has 4 N–H and O–H groups in total. The SMILES string of the molecule is Cc1ccc(C#N)cc1OC1=C(N)C(Cc2ccccc2)=NC(Oc2cccc(-c3nccn3C)c2)N1N. The fourth-order valence-corrected chi connectivity index (χ4v) is 4.11. The van der Waals surface area contributed by atoms with Crippen LogP contribution in [0.15, 0.2) is 102 Å². The fraction of sp³-hybridized carbons (Fsp3) is 0.138. The Morgan fingerprint density at radius 3 is 2.61 bits per heavy atom. The van der Waals surface area contributed by atoms with Crippen LogP contribution >= 0.6 is 0 Å². The molecular weight excluding hydrogens is 478 g/mol. The van der Waals surface area contributed by atoms with Gasteiger partial charge in [-0.15, -0.1) is 0 Å². The predicted octanol–water partition coefficient (Wildman–Crippen LogP) is 4.01. The lowest BCUT2D eigenvalue weighted by Gasteiger charge is -2.33. The standard InChI is InChI=1S/C29H27N7O2/c1-19-11-12-21(18-30)16-25(19)38-28-26(31)24(15-20-7-4-3-5-8-20)34-29(36(28)32)37-23-10-6-9-22(17-23)27-33-13-14-35(27)2/h3-14,16-17,29H,15,31-32H2,1-2H3. The van der Waals surface area contributed by atoms with Crippen LogP contribution in [-0.4, -0.2) is 26.6 Å². The Balaban J connectivity index is 1.50. The van der Waals surface area contributed by atoms with Crippen LogP contribution in [0, 0.1) is 18.3 Å². The van der Waals surface area contributed by atoms with E-state index in [0.717, 1.165) is 22.5 Å². The Bertz CT molecular complexity index is 1570. The molecule has 0 aliphatic carbocycles. The summed E-state index contributed by atoms with van der Waals surface area (Å²) in [7, 11) is 1.93. The number of hydrazine groups is 1. The molecule has 190 valence electrons. The molecule has 3 aromatic carbocycles. The molecule has 5 rings (SSSR count). The van der Waals surface area contributed by atoms with Crippen LogP contribution in [0.2, 0.25) is 0 Å². The second-order valence-corrected chi connectivity index (χ2v) is 8.89. The third-order valence-corrected chi connectivity index (χ3v) is 6.17. The second-order valence-electron chi connectivity index (χ2n) is 8.89. The van der Waals surface area contributed by atoms with Gasteiger partial charge in [0, 0.05) is 31.4 Å². The zero-order valence-corrected chi connectivity index (χ0v) is 21.1. The number of rotatable bonds is 7. The van der Waals surface area contributed by atoms with Crippen LogP contribution < -0.4 is 21.1 Å². The van der Waals surface area contributed by atoms with Gasteiger partial charge in [-0.2, -0.15) is 5.26 Å². The van der Waals surface area contributed by atoms with Crippen molar-refractivity contribution in [3.8, 4) is 29.0 Å². The summed E-state index contributed by atoms with van der Waals surface area (Å²) >= 11 is 0. The molecule has 1 unspecified atom stereocenters. The first-order valence-corrected chi connectivity index (χ1v) is 12.0. The Hall–Kier alpha value is -5.07. The van der Waals surface area contributed by atoms with Gasteiger partial charge in [0.1, 0.15) is 23.0 Å². The molecule has 9 heteroatoms. The largest absolute Gasteiger partial charge is 0.449 e. The number of benzene rings is 3. The monoisotopic (exact) mass is 505 g/mol. The first-order chi connectivity index (χ1) is 18.4. The number of allylic oxidation sites excluding steroid dienone is 1. The van der Waals surface area contributed by atoms with E-state index >= 15 is 0 Å². The number of aromatic nitrogens is 2. The van der Waals surface area contributed by atoms with Crippen molar-refractivity contribution in [2.45, 2.75) is 19.7 Å². The lowest BCUT2D eigenvalue weighted by Crippen LogP contribution is -2.49.